The minimum atomic E-state index is -0.216. The summed E-state index contributed by atoms with van der Waals surface area (Å²) in [5.74, 6) is 0.924. The molecule has 0 radical (unpaired) electrons. The van der Waals surface area contributed by atoms with Gasteiger partial charge in [-0.1, -0.05) is 13.8 Å². The first-order chi connectivity index (χ1) is 8.65. The van der Waals surface area contributed by atoms with Crippen LogP contribution >= 0.6 is 0 Å². The molecule has 1 unspecified atom stereocenters. The fourth-order valence-electron chi connectivity index (χ4n) is 1.63. The average molecular weight is 247 g/mol. The van der Waals surface area contributed by atoms with E-state index in [1.165, 1.54) is 0 Å². The summed E-state index contributed by atoms with van der Waals surface area (Å²) in [6.45, 7) is 5.87. The van der Waals surface area contributed by atoms with E-state index in [9.17, 15) is 0 Å². The van der Waals surface area contributed by atoms with E-state index in [2.05, 4.69) is 20.4 Å². The third-order valence-corrected chi connectivity index (χ3v) is 2.76. The van der Waals surface area contributed by atoms with Crippen molar-refractivity contribution in [2.45, 2.75) is 39.7 Å². The van der Waals surface area contributed by atoms with E-state index in [-0.39, 0.29) is 6.04 Å². The summed E-state index contributed by atoms with van der Waals surface area (Å²) >= 11 is 0. The van der Waals surface area contributed by atoms with Crippen LogP contribution in [0.2, 0.25) is 0 Å². The highest BCUT2D eigenvalue weighted by molar-refractivity contribution is 5.56. The van der Waals surface area contributed by atoms with Gasteiger partial charge in [-0.25, -0.2) is 0 Å². The zero-order valence-corrected chi connectivity index (χ0v) is 10.8. The summed E-state index contributed by atoms with van der Waals surface area (Å²) < 4.78 is 5.60. The summed E-state index contributed by atoms with van der Waals surface area (Å²) in [6.07, 6.45) is 1.52. The topological polar surface area (TPSA) is 90.7 Å². The van der Waals surface area contributed by atoms with E-state index in [0.717, 1.165) is 29.8 Å². The van der Waals surface area contributed by atoms with Crippen molar-refractivity contribution in [3.05, 3.63) is 23.3 Å². The van der Waals surface area contributed by atoms with Crippen molar-refractivity contribution in [2.75, 3.05) is 0 Å². The SMILES string of the molecule is CCc1nnc(C)cc1-c1nnc(C(N)CC)o1. The predicted molar refractivity (Wildman–Crippen MR) is 66.7 cm³/mol. The van der Waals surface area contributed by atoms with Crippen LogP contribution in [-0.2, 0) is 6.42 Å². The monoisotopic (exact) mass is 247 g/mol. The Morgan fingerprint density at radius 2 is 2.00 bits per heavy atom. The Labute approximate surface area is 106 Å². The van der Waals surface area contributed by atoms with Gasteiger partial charge in [-0.3, -0.25) is 0 Å². The summed E-state index contributed by atoms with van der Waals surface area (Å²) in [4.78, 5) is 0. The van der Waals surface area contributed by atoms with Gasteiger partial charge in [0.1, 0.15) is 0 Å². The summed E-state index contributed by atoms with van der Waals surface area (Å²) in [7, 11) is 0. The molecule has 2 aromatic rings. The number of hydrogen-bond donors (Lipinski definition) is 1. The lowest BCUT2D eigenvalue weighted by Crippen LogP contribution is -2.08. The van der Waals surface area contributed by atoms with Crippen molar-refractivity contribution in [1.82, 2.24) is 20.4 Å². The number of aryl methyl sites for hydroxylation is 2. The van der Waals surface area contributed by atoms with Crippen molar-refractivity contribution in [2.24, 2.45) is 5.73 Å². The van der Waals surface area contributed by atoms with Gasteiger partial charge in [0.05, 0.1) is 23.0 Å². The molecule has 0 saturated heterocycles. The van der Waals surface area contributed by atoms with Crippen LogP contribution in [0.5, 0.6) is 0 Å². The second kappa shape index (κ2) is 5.22. The van der Waals surface area contributed by atoms with E-state index >= 15 is 0 Å². The van der Waals surface area contributed by atoms with Crippen molar-refractivity contribution in [3.63, 3.8) is 0 Å². The van der Waals surface area contributed by atoms with Crippen LogP contribution in [0.1, 0.15) is 43.6 Å². The molecule has 2 rings (SSSR count). The van der Waals surface area contributed by atoms with Gasteiger partial charge >= 0.3 is 0 Å². The molecule has 0 aliphatic heterocycles. The minimum Gasteiger partial charge on any atom is -0.419 e. The lowest BCUT2D eigenvalue weighted by atomic mass is 10.1. The van der Waals surface area contributed by atoms with Gasteiger partial charge in [0.2, 0.25) is 11.8 Å². The molecule has 0 aliphatic carbocycles. The van der Waals surface area contributed by atoms with Crippen LogP contribution in [0, 0.1) is 6.92 Å². The normalized spacial score (nSPS) is 12.7. The molecule has 2 aromatic heterocycles. The van der Waals surface area contributed by atoms with Crippen molar-refractivity contribution in [3.8, 4) is 11.5 Å². The predicted octanol–water partition coefficient (Wildman–Crippen LogP) is 1.81. The molecule has 0 amide bonds. The van der Waals surface area contributed by atoms with Gasteiger partial charge < -0.3 is 10.2 Å². The van der Waals surface area contributed by atoms with Crippen LogP contribution in [0.3, 0.4) is 0 Å². The Morgan fingerprint density at radius 1 is 1.22 bits per heavy atom. The van der Waals surface area contributed by atoms with Gasteiger partial charge in [0.15, 0.2) is 0 Å². The van der Waals surface area contributed by atoms with E-state index in [1.807, 2.05) is 26.8 Å². The maximum atomic E-state index is 5.86. The first-order valence-corrected chi connectivity index (χ1v) is 6.08. The molecule has 6 nitrogen and oxygen atoms in total. The molecule has 0 aromatic carbocycles. The van der Waals surface area contributed by atoms with Crippen LogP contribution < -0.4 is 5.73 Å². The van der Waals surface area contributed by atoms with Crippen LogP contribution in [0.4, 0.5) is 0 Å². The van der Waals surface area contributed by atoms with Crippen LogP contribution in [-0.4, -0.2) is 20.4 Å². The molecule has 18 heavy (non-hydrogen) atoms. The minimum absolute atomic E-state index is 0.216. The second-order valence-electron chi connectivity index (χ2n) is 4.16. The molecule has 6 heteroatoms. The first kappa shape index (κ1) is 12.6. The van der Waals surface area contributed by atoms with Crippen molar-refractivity contribution < 1.29 is 4.42 Å². The maximum absolute atomic E-state index is 5.86. The maximum Gasteiger partial charge on any atom is 0.249 e. The highest BCUT2D eigenvalue weighted by Gasteiger charge is 2.16. The highest BCUT2D eigenvalue weighted by atomic mass is 16.4. The van der Waals surface area contributed by atoms with Crippen molar-refractivity contribution >= 4 is 0 Å². The molecule has 1 atom stereocenters. The summed E-state index contributed by atoms with van der Waals surface area (Å²) in [6, 6.07) is 1.69. The number of nitrogens with zero attached hydrogens (tertiary/aromatic N) is 4. The Bertz CT molecular complexity index is 537. The number of hydrogen-bond acceptors (Lipinski definition) is 6. The largest absolute Gasteiger partial charge is 0.419 e. The second-order valence-corrected chi connectivity index (χ2v) is 4.16. The van der Waals surface area contributed by atoms with Gasteiger partial charge in [-0.05, 0) is 25.8 Å². The number of aromatic nitrogens is 4. The van der Waals surface area contributed by atoms with Gasteiger partial charge in [0, 0.05) is 0 Å². The molecule has 96 valence electrons. The quantitative estimate of drug-likeness (QED) is 0.886. The standard InChI is InChI=1S/C12H17N5O/c1-4-9(13)12-17-16-11(18-12)8-6-7(3)14-15-10(8)5-2/h6,9H,4-5,13H2,1-3H3. The molecular weight excluding hydrogens is 230 g/mol. The third kappa shape index (κ3) is 2.38. The van der Waals surface area contributed by atoms with Crippen molar-refractivity contribution in [1.29, 1.82) is 0 Å². The van der Waals surface area contributed by atoms with Crippen LogP contribution in [0.25, 0.3) is 11.5 Å². The van der Waals surface area contributed by atoms with E-state index in [0.29, 0.717) is 11.8 Å². The Hall–Kier alpha value is -1.82. The van der Waals surface area contributed by atoms with E-state index in [1.54, 1.807) is 0 Å². The molecule has 2 N–H and O–H groups in total. The average Bonchev–Trinajstić information content (AvgIpc) is 2.87. The molecule has 0 aliphatic rings. The molecule has 2 heterocycles. The van der Waals surface area contributed by atoms with E-state index in [4.69, 9.17) is 10.2 Å². The van der Waals surface area contributed by atoms with Crippen LogP contribution in [0.15, 0.2) is 10.5 Å². The first-order valence-electron chi connectivity index (χ1n) is 6.08. The number of nitrogens with two attached hydrogens (primary N) is 1. The van der Waals surface area contributed by atoms with E-state index < -0.39 is 0 Å². The highest BCUT2D eigenvalue weighted by Crippen LogP contribution is 2.23. The zero-order valence-electron chi connectivity index (χ0n) is 10.8. The lowest BCUT2D eigenvalue weighted by Gasteiger charge is -2.03. The molecule has 0 spiro atoms. The smallest absolute Gasteiger partial charge is 0.249 e. The lowest BCUT2D eigenvalue weighted by molar-refractivity contribution is 0.452. The fourth-order valence-corrected chi connectivity index (χ4v) is 1.63. The number of rotatable bonds is 4. The summed E-state index contributed by atoms with van der Waals surface area (Å²) in [5.41, 5.74) is 8.37. The molecule has 0 saturated carbocycles. The zero-order chi connectivity index (χ0) is 13.1. The fraction of sp³-hybridized carbons (Fsp3) is 0.500. The van der Waals surface area contributed by atoms with Gasteiger partial charge in [-0.2, -0.15) is 10.2 Å². The Kier molecular flexibility index (Phi) is 3.66. The molecule has 0 bridgehead atoms. The van der Waals surface area contributed by atoms with Gasteiger partial charge in [-0.15, -0.1) is 10.2 Å². The third-order valence-electron chi connectivity index (χ3n) is 2.76. The Morgan fingerprint density at radius 3 is 2.67 bits per heavy atom. The Balaban J connectivity index is 2.42. The molecule has 0 fully saturated rings. The molecular formula is C12H17N5O. The van der Waals surface area contributed by atoms with Gasteiger partial charge in [0.25, 0.3) is 0 Å². The summed E-state index contributed by atoms with van der Waals surface area (Å²) in [5, 5.41) is 16.2.